The number of ether oxygens (including phenoxy) is 1. The van der Waals surface area contributed by atoms with Crippen LogP contribution in [0.25, 0.3) is 0 Å². The number of hydrogen-bond donors (Lipinski definition) is 0. The molecule has 0 aliphatic carbocycles. The summed E-state index contributed by atoms with van der Waals surface area (Å²) >= 11 is 0. The molecule has 0 spiro atoms. The maximum absolute atomic E-state index is 12.3. The number of methoxy groups -OCH3 is 1. The molecule has 20 heavy (non-hydrogen) atoms. The minimum atomic E-state index is -3.01. The Bertz CT molecular complexity index is 589. The van der Waals surface area contributed by atoms with Crippen LogP contribution in [0.4, 0.5) is 0 Å². The molecule has 0 unspecified atom stereocenters. The first-order chi connectivity index (χ1) is 9.41. The van der Waals surface area contributed by atoms with Gasteiger partial charge in [0.15, 0.2) is 0 Å². The normalized spacial score (nSPS) is 17.0. The van der Waals surface area contributed by atoms with Crippen molar-refractivity contribution >= 4 is 15.7 Å². The van der Waals surface area contributed by atoms with Gasteiger partial charge in [-0.2, -0.15) is 0 Å². The molecule has 2 rings (SSSR count). The molecular formula is C14H19NO4S. The molecule has 1 aliphatic heterocycles. The zero-order chi connectivity index (χ0) is 14.8. The number of piperidine rings is 1. The second-order valence-electron chi connectivity index (χ2n) is 5.05. The minimum Gasteiger partial charge on any atom is -0.497 e. The minimum absolute atomic E-state index is 0.0733. The highest BCUT2D eigenvalue weighted by atomic mass is 32.2. The van der Waals surface area contributed by atoms with Crippen molar-refractivity contribution in [3.63, 3.8) is 0 Å². The third-order valence-corrected chi connectivity index (χ3v) is 5.33. The predicted molar refractivity (Wildman–Crippen MR) is 76.8 cm³/mol. The molecule has 1 aliphatic rings. The Morgan fingerprint density at radius 1 is 1.30 bits per heavy atom. The zero-order valence-corrected chi connectivity index (χ0v) is 12.5. The summed E-state index contributed by atoms with van der Waals surface area (Å²) in [5.74, 6) is 0.567. The standard InChI is InChI=1S/C14H19NO4S/c1-19-12-5-3-4-11(10-12)14(16)15-8-6-13(7-9-15)20(2,17)18/h3-5,10,13H,6-9H2,1-2H3. The Kier molecular flexibility index (Phi) is 4.32. The van der Waals surface area contributed by atoms with Crippen LogP contribution in [0.3, 0.4) is 0 Å². The number of nitrogens with zero attached hydrogens (tertiary/aromatic N) is 1. The lowest BCUT2D eigenvalue weighted by Gasteiger charge is -2.31. The van der Waals surface area contributed by atoms with E-state index in [0.29, 0.717) is 37.2 Å². The second-order valence-corrected chi connectivity index (χ2v) is 7.38. The predicted octanol–water partition coefficient (Wildman–Crippen LogP) is 1.34. The molecule has 1 heterocycles. The molecule has 110 valence electrons. The fourth-order valence-electron chi connectivity index (χ4n) is 2.43. The Morgan fingerprint density at radius 3 is 2.50 bits per heavy atom. The van der Waals surface area contributed by atoms with E-state index in [1.807, 2.05) is 0 Å². The van der Waals surface area contributed by atoms with Crippen molar-refractivity contribution in [2.24, 2.45) is 0 Å². The van der Waals surface area contributed by atoms with Gasteiger partial charge in [0, 0.05) is 24.9 Å². The van der Waals surface area contributed by atoms with Crippen LogP contribution in [0.2, 0.25) is 0 Å². The van der Waals surface area contributed by atoms with Gasteiger partial charge >= 0.3 is 0 Å². The Labute approximate surface area is 119 Å². The molecule has 0 atom stereocenters. The van der Waals surface area contributed by atoms with Crippen LogP contribution in [0, 0.1) is 0 Å². The van der Waals surface area contributed by atoms with Crippen LogP contribution in [0.15, 0.2) is 24.3 Å². The number of sulfone groups is 1. The summed E-state index contributed by atoms with van der Waals surface area (Å²) in [5, 5.41) is -0.322. The smallest absolute Gasteiger partial charge is 0.253 e. The first kappa shape index (κ1) is 14.8. The number of amides is 1. The molecule has 0 radical (unpaired) electrons. The highest BCUT2D eigenvalue weighted by molar-refractivity contribution is 7.91. The fourth-order valence-corrected chi connectivity index (χ4v) is 3.49. The van der Waals surface area contributed by atoms with E-state index < -0.39 is 9.84 Å². The lowest BCUT2D eigenvalue weighted by Crippen LogP contribution is -2.42. The lowest BCUT2D eigenvalue weighted by molar-refractivity contribution is 0.0725. The van der Waals surface area contributed by atoms with Gasteiger partial charge in [0.05, 0.1) is 12.4 Å². The molecule has 1 fully saturated rings. The number of likely N-dealkylation sites (tertiary alicyclic amines) is 1. The van der Waals surface area contributed by atoms with Crippen LogP contribution in [-0.4, -0.2) is 50.9 Å². The van der Waals surface area contributed by atoms with Crippen molar-refractivity contribution in [3.8, 4) is 5.75 Å². The lowest BCUT2D eigenvalue weighted by atomic mass is 10.1. The van der Waals surface area contributed by atoms with Crippen molar-refractivity contribution in [1.82, 2.24) is 4.90 Å². The van der Waals surface area contributed by atoms with E-state index in [-0.39, 0.29) is 11.2 Å². The highest BCUT2D eigenvalue weighted by Gasteiger charge is 2.29. The molecule has 0 saturated carbocycles. The van der Waals surface area contributed by atoms with Gasteiger partial charge in [-0.15, -0.1) is 0 Å². The van der Waals surface area contributed by atoms with E-state index in [1.54, 1.807) is 36.3 Å². The van der Waals surface area contributed by atoms with Gasteiger partial charge in [-0.3, -0.25) is 4.79 Å². The number of hydrogen-bond acceptors (Lipinski definition) is 4. The zero-order valence-electron chi connectivity index (χ0n) is 11.7. The highest BCUT2D eigenvalue weighted by Crippen LogP contribution is 2.20. The second kappa shape index (κ2) is 5.83. The van der Waals surface area contributed by atoms with Gasteiger partial charge in [-0.25, -0.2) is 8.42 Å². The average molecular weight is 297 g/mol. The molecule has 1 aromatic rings. The molecule has 0 N–H and O–H groups in total. The first-order valence-corrected chi connectivity index (χ1v) is 8.49. The number of carbonyl (C=O) groups is 1. The van der Waals surface area contributed by atoms with E-state index in [9.17, 15) is 13.2 Å². The third-order valence-electron chi connectivity index (χ3n) is 3.65. The number of carbonyl (C=O) groups excluding carboxylic acids is 1. The molecule has 1 aromatic carbocycles. The SMILES string of the molecule is COc1cccc(C(=O)N2CCC(S(C)(=O)=O)CC2)c1. The summed E-state index contributed by atoms with van der Waals surface area (Å²) < 4.78 is 28.1. The first-order valence-electron chi connectivity index (χ1n) is 6.54. The van der Waals surface area contributed by atoms with Crippen molar-refractivity contribution in [2.45, 2.75) is 18.1 Å². The number of rotatable bonds is 3. The summed E-state index contributed by atoms with van der Waals surface area (Å²) in [5.41, 5.74) is 0.571. The maximum Gasteiger partial charge on any atom is 0.253 e. The summed E-state index contributed by atoms with van der Waals surface area (Å²) in [4.78, 5) is 14.0. The Balaban J connectivity index is 2.05. The average Bonchev–Trinajstić information content (AvgIpc) is 2.46. The van der Waals surface area contributed by atoms with E-state index in [2.05, 4.69) is 0 Å². The van der Waals surface area contributed by atoms with Crippen LogP contribution >= 0.6 is 0 Å². The van der Waals surface area contributed by atoms with Gasteiger partial charge in [0.1, 0.15) is 15.6 Å². The summed E-state index contributed by atoms with van der Waals surface area (Å²) in [6.07, 6.45) is 2.28. The van der Waals surface area contributed by atoms with E-state index in [4.69, 9.17) is 4.74 Å². The maximum atomic E-state index is 12.3. The molecule has 1 amide bonds. The molecule has 5 nitrogen and oxygen atoms in total. The third kappa shape index (κ3) is 3.30. The van der Waals surface area contributed by atoms with Gasteiger partial charge in [0.2, 0.25) is 0 Å². The summed E-state index contributed by atoms with van der Waals surface area (Å²) in [6.45, 7) is 0.960. The van der Waals surface area contributed by atoms with Crippen LogP contribution in [0.1, 0.15) is 23.2 Å². The van der Waals surface area contributed by atoms with Crippen molar-refractivity contribution in [1.29, 1.82) is 0 Å². The van der Waals surface area contributed by atoms with E-state index in [1.165, 1.54) is 6.26 Å². The molecule has 0 aromatic heterocycles. The van der Waals surface area contributed by atoms with Crippen molar-refractivity contribution in [2.75, 3.05) is 26.5 Å². The fraction of sp³-hybridized carbons (Fsp3) is 0.500. The topological polar surface area (TPSA) is 63.7 Å². The van der Waals surface area contributed by atoms with E-state index >= 15 is 0 Å². The van der Waals surface area contributed by atoms with Crippen molar-refractivity contribution < 1.29 is 17.9 Å². The summed E-state index contributed by atoms with van der Waals surface area (Å²) in [6, 6.07) is 7.00. The molecule has 6 heteroatoms. The van der Waals surface area contributed by atoms with Crippen LogP contribution < -0.4 is 4.74 Å². The van der Waals surface area contributed by atoms with Gasteiger partial charge < -0.3 is 9.64 Å². The molecule has 0 bridgehead atoms. The van der Waals surface area contributed by atoms with Gasteiger partial charge in [0.25, 0.3) is 5.91 Å². The Hall–Kier alpha value is -1.56. The molecule has 1 saturated heterocycles. The molecular weight excluding hydrogens is 278 g/mol. The monoisotopic (exact) mass is 297 g/mol. The summed E-state index contributed by atoms with van der Waals surface area (Å²) in [7, 11) is -1.45. The number of benzene rings is 1. The van der Waals surface area contributed by atoms with Crippen LogP contribution in [-0.2, 0) is 9.84 Å². The quantitative estimate of drug-likeness (QED) is 0.844. The largest absolute Gasteiger partial charge is 0.497 e. The van der Waals surface area contributed by atoms with Crippen LogP contribution in [0.5, 0.6) is 5.75 Å². The van der Waals surface area contributed by atoms with Crippen molar-refractivity contribution in [3.05, 3.63) is 29.8 Å². The van der Waals surface area contributed by atoms with Gasteiger partial charge in [-0.05, 0) is 31.0 Å². The van der Waals surface area contributed by atoms with Gasteiger partial charge in [-0.1, -0.05) is 6.07 Å². The van der Waals surface area contributed by atoms with E-state index in [0.717, 1.165) is 0 Å². The Morgan fingerprint density at radius 2 is 1.95 bits per heavy atom.